The second-order valence-electron chi connectivity index (χ2n) is 7.26. The summed E-state index contributed by atoms with van der Waals surface area (Å²) in [5.41, 5.74) is 1.49. The molecule has 0 saturated heterocycles. The molecule has 4 rings (SSSR count). The van der Waals surface area contributed by atoms with Gasteiger partial charge in [0.15, 0.2) is 0 Å². The van der Waals surface area contributed by atoms with Gasteiger partial charge < -0.3 is 0 Å². The van der Waals surface area contributed by atoms with Crippen molar-refractivity contribution in [1.29, 1.82) is 0 Å². The van der Waals surface area contributed by atoms with E-state index in [9.17, 15) is 13.6 Å². The minimum atomic E-state index is -3.03. The Balaban J connectivity index is 1.92. The number of halogens is 4. The number of amides is 1. The van der Waals surface area contributed by atoms with E-state index in [4.69, 9.17) is 16.6 Å². The van der Waals surface area contributed by atoms with Crippen LogP contribution in [0.3, 0.4) is 0 Å². The quantitative estimate of drug-likeness (QED) is 0.299. The number of aromatic nitrogens is 4. The van der Waals surface area contributed by atoms with Crippen molar-refractivity contribution in [3.05, 3.63) is 45.9 Å². The molecule has 0 aliphatic heterocycles. The van der Waals surface area contributed by atoms with Gasteiger partial charge in [0.25, 0.3) is 0 Å². The third-order valence-corrected chi connectivity index (χ3v) is 9.27. The molecule has 2 aromatic carbocycles. The van der Waals surface area contributed by atoms with Crippen LogP contribution >= 0.6 is 27.5 Å². The third kappa shape index (κ3) is 5.04. The van der Waals surface area contributed by atoms with Crippen LogP contribution in [0.4, 0.5) is 8.78 Å². The first-order valence-electron chi connectivity index (χ1n) is 10.5. The number of nitrogens with zero attached hydrogens (tertiary/aromatic N) is 4. The number of carbonyl (C=O) groups is 1. The van der Waals surface area contributed by atoms with Gasteiger partial charge in [-0.05, 0) is 0 Å². The van der Waals surface area contributed by atoms with Crippen molar-refractivity contribution in [2.45, 2.75) is 31.6 Å². The molecule has 0 bridgehead atoms. The fourth-order valence-corrected chi connectivity index (χ4v) is 6.63. The number of nitrogens with one attached hydrogen (secondary N) is 1. The standard InChI is InChI=1S/C22H20AsBrClF2N5O2/c1-3-14(20(33)28-4-2)23-21-29-17-13(6-5-7-15(17)24)19-30-18(31-32(19)21)12-9-8-11(25)10-16(12)34-22(26)27/h5-10,14,22-23H,3-4H2,1-2H3,(H,28,33)/t14-/m0/s1. The monoisotopic (exact) mass is 613 g/mol. The summed E-state index contributed by atoms with van der Waals surface area (Å²) in [6.45, 7) is 1.36. The summed E-state index contributed by atoms with van der Waals surface area (Å²) in [5.74, 6) is 0.0570. The molecule has 34 heavy (non-hydrogen) atoms. The van der Waals surface area contributed by atoms with Gasteiger partial charge in [0.2, 0.25) is 0 Å². The Bertz CT molecular complexity index is 1370. The van der Waals surface area contributed by atoms with E-state index in [0.29, 0.717) is 28.7 Å². The Morgan fingerprint density at radius 1 is 1.26 bits per heavy atom. The number of hydrogen-bond donors (Lipinski definition) is 1. The van der Waals surface area contributed by atoms with Gasteiger partial charge >= 0.3 is 215 Å². The topological polar surface area (TPSA) is 81.4 Å². The Hall–Kier alpha value is -2.29. The van der Waals surface area contributed by atoms with E-state index in [-0.39, 0.29) is 32.8 Å². The average Bonchev–Trinajstić information content (AvgIpc) is 3.23. The van der Waals surface area contributed by atoms with Crippen LogP contribution in [0.5, 0.6) is 5.75 Å². The van der Waals surface area contributed by atoms with Gasteiger partial charge in [0, 0.05) is 0 Å². The molecule has 1 amide bonds. The first kappa shape index (κ1) is 24.8. The van der Waals surface area contributed by atoms with Crippen LogP contribution in [0.15, 0.2) is 40.9 Å². The zero-order chi connectivity index (χ0) is 24.4. The molecular formula is C22H20AsBrClF2N5O2. The molecule has 1 unspecified atom stereocenters. The summed E-state index contributed by atoms with van der Waals surface area (Å²) in [6.07, 6.45) is 0.661. The van der Waals surface area contributed by atoms with Gasteiger partial charge in [-0.25, -0.2) is 0 Å². The van der Waals surface area contributed by atoms with Crippen molar-refractivity contribution < 1.29 is 18.3 Å². The molecule has 178 valence electrons. The van der Waals surface area contributed by atoms with Crippen molar-refractivity contribution >= 4 is 70.4 Å². The first-order valence-corrected chi connectivity index (χ1v) is 13.9. The fraction of sp³-hybridized carbons (Fsp3) is 0.273. The second kappa shape index (κ2) is 10.5. The van der Waals surface area contributed by atoms with Gasteiger partial charge in [-0.1, -0.05) is 0 Å². The molecule has 0 fully saturated rings. The SMILES string of the molecule is CCNC(=O)[C@H](CC)[AsH]c1nc2c(Br)cccc2c2nc(-c3ccc(Cl)cc3OC(F)F)nn12. The van der Waals surface area contributed by atoms with E-state index in [1.807, 2.05) is 32.0 Å². The van der Waals surface area contributed by atoms with E-state index in [0.717, 1.165) is 9.86 Å². The molecule has 4 aromatic rings. The molecule has 0 spiro atoms. The van der Waals surface area contributed by atoms with Crippen LogP contribution in [0.25, 0.3) is 27.9 Å². The Morgan fingerprint density at radius 3 is 2.76 bits per heavy atom. The average molecular weight is 615 g/mol. The van der Waals surface area contributed by atoms with Crippen molar-refractivity contribution in [3.8, 4) is 17.1 Å². The van der Waals surface area contributed by atoms with Gasteiger partial charge in [0.1, 0.15) is 0 Å². The zero-order valence-electron chi connectivity index (χ0n) is 18.2. The van der Waals surface area contributed by atoms with Gasteiger partial charge in [-0.2, -0.15) is 0 Å². The molecule has 1 N–H and O–H groups in total. The van der Waals surface area contributed by atoms with Gasteiger partial charge in [0.05, 0.1) is 0 Å². The van der Waals surface area contributed by atoms with Crippen LogP contribution in [0.1, 0.15) is 20.3 Å². The second-order valence-corrected chi connectivity index (χ2v) is 11.6. The molecule has 2 aromatic heterocycles. The predicted molar refractivity (Wildman–Crippen MR) is 133 cm³/mol. The number of para-hydroxylation sites is 1. The van der Waals surface area contributed by atoms with Crippen molar-refractivity contribution in [3.63, 3.8) is 0 Å². The number of alkyl halides is 2. The number of rotatable bonds is 8. The molecular weight excluding hydrogens is 595 g/mol. The van der Waals surface area contributed by atoms with Gasteiger partial charge in [-0.15, -0.1) is 0 Å². The Morgan fingerprint density at radius 2 is 2.06 bits per heavy atom. The summed E-state index contributed by atoms with van der Waals surface area (Å²) in [7, 11) is 0. The van der Waals surface area contributed by atoms with Gasteiger partial charge in [-0.3, -0.25) is 0 Å². The van der Waals surface area contributed by atoms with Crippen molar-refractivity contribution in [2.75, 3.05) is 6.54 Å². The van der Waals surface area contributed by atoms with Crippen molar-refractivity contribution in [2.24, 2.45) is 0 Å². The predicted octanol–water partition coefficient (Wildman–Crippen LogP) is 4.36. The summed E-state index contributed by atoms with van der Waals surface area (Å²) >= 11 is 8.45. The fourth-order valence-electron chi connectivity index (χ4n) is 3.48. The molecule has 12 heteroatoms. The summed E-state index contributed by atoms with van der Waals surface area (Å²) < 4.78 is 33.6. The number of fused-ring (bicyclic) bond motifs is 3. The molecule has 0 saturated carbocycles. The zero-order valence-corrected chi connectivity index (χ0v) is 22.6. The van der Waals surface area contributed by atoms with E-state index in [1.165, 1.54) is 6.07 Å². The van der Waals surface area contributed by atoms with Crippen LogP contribution in [0, 0.1) is 0 Å². The van der Waals surface area contributed by atoms with Crippen LogP contribution in [0.2, 0.25) is 9.73 Å². The van der Waals surface area contributed by atoms with E-state index in [1.54, 1.807) is 16.6 Å². The normalized spacial score (nSPS) is 12.8. The molecule has 0 aliphatic rings. The number of hydrogen-bond acceptors (Lipinski definition) is 5. The molecule has 7 nitrogen and oxygen atoms in total. The van der Waals surface area contributed by atoms with Crippen LogP contribution in [-0.4, -0.2) is 54.4 Å². The van der Waals surface area contributed by atoms with E-state index in [2.05, 4.69) is 36.1 Å². The number of benzene rings is 2. The number of carbonyl (C=O) groups excluding carboxylic acids is 1. The maximum absolute atomic E-state index is 13.0. The van der Waals surface area contributed by atoms with Crippen LogP contribution < -0.4 is 14.7 Å². The first-order chi connectivity index (χ1) is 16.3. The Kier molecular flexibility index (Phi) is 7.69. The Labute approximate surface area is 214 Å². The molecule has 0 radical (unpaired) electrons. The third-order valence-electron chi connectivity index (χ3n) is 5.03. The summed E-state index contributed by atoms with van der Waals surface area (Å²) in [6, 6.07) is 10.0. The molecule has 0 aliphatic carbocycles. The van der Waals surface area contributed by atoms with E-state index >= 15 is 0 Å². The maximum atomic E-state index is 13.0. The van der Waals surface area contributed by atoms with Crippen LogP contribution in [-0.2, 0) is 4.79 Å². The minimum absolute atomic E-state index is 0.0159. The summed E-state index contributed by atoms with van der Waals surface area (Å²) in [4.78, 5) is 22.1. The number of ether oxygens (including phenoxy) is 1. The molecule has 2 heterocycles. The summed E-state index contributed by atoms with van der Waals surface area (Å²) in [5, 5.41) is 8.48. The van der Waals surface area contributed by atoms with Crippen molar-refractivity contribution in [1.82, 2.24) is 24.9 Å². The van der Waals surface area contributed by atoms with E-state index < -0.39 is 22.4 Å². The molecule has 2 atom stereocenters.